The fourth-order valence-electron chi connectivity index (χ4n) is 1.91. The highest BCUT2D eigenvalue weighted by Crippen LogP contribution is 2.50. The van der Waals surface area contributed by atoms with E-state index in [1.54, 1.807) is 31.2 Å². The molecule has 5 heteroatoms. The molecule has 0 amide bonds. The number of hydrogen-bond acceptors (Lipinski definition) is 1. The Morgan fingerprint density at radius 3 is 2.47 bits per heavy atom. The minimum Gasteiger partial charge on any atom is -0.297 e. The van der Waals surface area contributed by atoms with Crippen LogP contribution in [0.1, 0.15) is 31.4 Å². The summed E-state index contributed by atoms with van der Waals surface area (Å²) >= 11 is 5.82. The minimum absolute atomic E-state index is 0.154. The molecule has 1 aliphatic carbocycles. The molecule has 94 valence electrons. The van der Waals surface area contributed by atoms with E-state index in [1.165, 1.54) is 0 Å². The second kappa shape index (κ2) is 4.18. The van der Waals surface area contributed by atoms with Crippen molar-refractivity contribution >= 4 is 11.6 Å². The lowest BCUT2D eigenvalue weighted by Gasteiger charge is -2.25. The van der Waals surface area contributed by atoms with Crippen molar-refractivity contribution in [2.24, 2.45) is 0 Å². The molecule has 0 heterocycles. The van der Waals surface area contributed by atoms with Crippen LogP contribution < -0.4 is 5.32 Å². The molecule has 0 bridgehead atoms. The Bertz CT molecular complexity index is 412. The summed E-state index contributed by atoms with van der Waals surface area (Å²) in [5, 5.41) is 3.20. The van der Waals surface area contributed by atoms with Gasteiger partial charge in [0.2, 0.25) is 0 Å². The van der Waals surface area contributed by atoms with Gasteiger partial charge >= 0.3 is 6.18 Å². The molecule has 1 aromatic rings. The van der Waals surface area contributed by atoms with Gasteiger partial charge in [-0.05, 0) is 37.5 Å². The van der Waals surface area contributed by atoms with Crippen molar-refractivity contribution in [3.05, 3.63) is 34.9 Å². The topological polar surface area (TPSA) is 12.0 Å². The van der Waals surface area contributed by atoms with Crippen molar-refractivity contribution in [2.75, 3.05) is 0 Å². The van der Waals surface area contributed by atoms with Crippen LogP contribution in [0, 0.1) is 0 Å². The first kappa shape index (κ1) is 12.7. The van der Waals surface area contributed by atoms with Crippen molar-refractivity contribution in [1.82, 2.24) is 5.32 Å². The fraction of sp³-hybridized carbons (Fsp3) is 0.500. The molecular weight excluding hydrogens is 251 g/mol. The van der Waals surface area contributed by atoms with Gasteiger partial charge in [-0.2, -0.15) is 13.2 Å². The van der Waals surface area contributed by atoms with Crippen LogP contribution in [0.3, 0.4) is 0 Å². The Morgan fingerprint density at radius 2 is 2.00 bits per heavy atom. The molecule has 2 rings (SSSR count). The molecule has 1 fully saturated rings. The molecule has 1 atom stereocenters. The van der Waals surface area contributed by atoms with E-state index in [2.05, 4.69) is 5.32 Å². The number of alkyl halides is 3. The lowest BCUT2D eigenvalue weighted by molar-refractivity contribution is -0.167. The summed E-state index contributed by atoms with van der Waals surface area (Å²) in [5.41, 5.74) is -0.914. The van der Waals surface area contributed by atoms with E-state index in [0.29, 0.717) is 5.02 Å². The normalized spacial score (nSPS) is 20.1. The first-order chi connectivity index (χ1) is 7.84. The van der Waals surface area contributed by atoms with E-state index in [4.69, 9.17) is 11.6 Å². The van der Waals surface area contributed by atoms with Crippen molar-refractivity contribution < 1.29 is 13.2 Å². The van der Waals surface area contributed by atoms with Crippen molar-refractivity contribution in [1.29, 1.82) is 0 Å². The quantitative estimate of drug-likeness (QED) is 0.866. The molecule has 0 radical (unpaired) electrons. The third kappa shape index (κ3) is 2.58. The largest absolute Gasteiger partial charge is 0.406 e. The van der Waals surface area contributed by atoms with E-state index in [9.17, 15) is 13.2 Å². The maximum absolute atomic E-state index is 12.8. The Kier molecular flexibility index (Phi) is 3.12. The van der Waals surface area contributed by atoms with Crippen molar-refractivity contribution in [2.45, 2.75) is 37.5 Å². The molecule has 0 saturated heterocycles. The van der Waals surface area contributed by atoms with E-state index in [0.717, 1.165) is 5.56 Å². The zero-order chi connectivity index (χ0) is 12.7. The van der Waals surface area contributed by atoms with Crippen LogP contribution in [0.2, 0.25) is 5.02 Å². The molecule has 1 N–H and O–H groups in total. The van der Waals surface area contributed by atoms with Gasteiger partial charge in [-0.1, -0.05) is 23.7 Å². The minimum atomic E-state index is -4.18. The standard InChI is InChI=1S/C12H13ClF3N/c1-8(9-3-2-4-10(13)7-9)17-11(5-6-11)12(14,15)16/h2-4,7-8,17H,5-6H2,1H3. The second-order valence-corrected chi connectivity index (χ2v) is 4.94. The molecule has 1 saturated carbocycles. The van der Waals surface area contributed by atoms with Gasteiger partial charge in [-0.3, -0.25) is 5.32 Å². The Morgan fingerprint density at radius 1 is 1.35 bits per heavy atom. The van der Waals surface area contributed by atoms with Gasteiger partial charge in [-0.25, -0.2) is 0 Å². The molecular formula is C12H13ClF3N. The number of nitrogens with one attached hydrogen (secondary N) is 1. The van der Waals surface area contributed by atoms with Gasteiger partial charge in [0.1, 0.15) is 5.54 Å². The van der Waals surface area contributed by atoms with Crippen LogP contribution in [0.4, 0.5) is 13.2 Å². The summed E-state index contributed by atoms with van der Waals surface area (Å²) in [6.45, 7) is 1.72. The Balaban J connectivity index is 2.10. The summed E-state index contributed by atoms with van der Waals surface area (Å²) < 4.78 is 38.3. The number of hydrogen-bond donors (Lipinski definition) is 1. The predicted octanol–water partition coefficient (Wildman–Crippen LogP) is 4.09. The summed E-state index contributed by atoms with van der Waals surface area (Å²) in [4.78, 5) is 0. The summed E-state index contributed by atoms with van der Waals surface area (Å²) in [6.07, 6.45) is -3.87. The lowest BCUT2D eigenvalue weighted by Crippen LogP contribution is -2.45. The third-order valence-electron chi connectivity index (χ3n) is 3.13. The summed E-state index contributed by atoms with van der Waals surface area (Å²) in [6, 6.07) is 6.54. The van der Waals surface area contributed by atoms with Crippen molar-refractivity contribution in [3.63, 3.8) is 0 Å². The number of benzene rings is 1. The van der Waals surface area contributed by atoms with Crippen LogP contribution >= 0.6 is 11.6 Å². The van der Waals surface area contributed by atoms with Gasteiger partial charge in [0, 0.05) is 11.1 Å². The Labute approximate surface area is 103 Å². The van der Waals surface area contributed by atoms with E-state index >= 15 is 0 Å². The zero-order valence-corrected chi connectivity index (χ0v) is 10.1. The predicted molar refractivity (Wildman–Crippen MR) is 61.0 cm³/mol. The smallest absolute Gasteiger partial charge is 0.297 e. The SMILES string of the molecule is CC(NC1(C(F)(F)F)CC1)c1cccc(Cl)c1. The molecule has 0 aromatic heterocycles. The second-order valence-electron chi connectivity index (χ2n) is 4.50. The fourth-order valence-corrected chi connectivity index (χ4v) is 2.11. The first-order valence-electron chi connectivity index (χ1n) is 5.44. The molecule has 1 aromatic carbocycles. The van der Waals surface area contributed by atoms with E-state index < -0.39 is 11.7 Å². The van der Waals surface area contributed by atoms with Gasteiger partial charge in [-0.15, -0.1) is 0 Å². The maximum Gasteiger partial charge on any atom is 0.406 e. The van der Waals surface area contributed by atoms with Crippen LogP contribution in [0.15, 0.2) is 24.3 Å². The molecule has 0 spiro atoms. The van der Waals surface area contributed by atoms with Gasteiger partial charge in [0.25, 0.3) is 0 Å². The van der Waals surface area contributed by atoms with Crippen LogP contribution in [-0.2, 0) is 0 Å². The first-order valence-corrected chi connectivity index (χ1v) is 5.82. The van der Waals surface area contributed by atoms with Crippen LogP contribution in [0.5, 0.6) is 0 Å². The number of halogens is 4. The van der Waals surface area contributed by atoms with Crippen LogP contribution in [-0.4, -0.2) is 11.7 Å². The van der Waals surface area contributed by atoms with Gasteiger partial charge in [0.05, 0.1) is 0 Å². The average molecular weight is 264 g/mol. The summed E-state index contributed by atoms with van der Waals surface area (Å²) in [7, 11) is 0. The highest BCUT2D eigenvalue weighted by atomic mass is 35.5. The van der Waals surface area contributed by atoms with E-state index in [-0.39, 0.29) is 18.9 Å². The monoisotopic (exact) mass is 263 g/mol. The summed E-state index contributed by atoms with van der Waals surface area (Å²) in [5.74, 6) is 0. The maximum atomic E-state index is 12.8. The van der Waals surface area contributed by atoms with Crippen molar-refractivity contribution in [3.8, 4) is 0 Å². The molecule has 17 heavy (non-hydrogen) atoms. The van der Waals surface area contributed by atoms with E-state index in [1.807, 2.05) is 0 Å². The van der Waals surface area contributed by atoms with Gasteiger partial charge in [0.15, 0.2) is 0 Å². The molecule has 1 nitrogen and oxygen atoms in total. The Hall–Kier alpha value is -0.740. The van der Waals surface area contributed by atoms with Gasteiger partial charge < -0.3 is 0 Å². The zero-order valence-electron chi connectivity index (χ0n) is 9.31. The number of rotatable bonds is 3. The third-order valence-corrected chi connectivity index (χ3v) is 3.37. The lowest BCUT2D eigenvalue weighted by atomic mass is 10.1. The molecule has 1 aliphatic rings. The average Bonchev–Trinajstić information content (AvgIpc) is 2.98. The molecule has 1 unspecified atom stereocenters. The highest BCUT2D eigenvalue weighted by Gasteiger charge is 2.63. The molecule has 0 aliphatic heterocycles. The highest BCUT2D eigenvalue weighted by molar-refractivity contribution is 6.30. The van der Waals surface area contributed by atoms with Crippen LogP contribution in [0.25, 0.3) is 0 Å².